The fourth-order valence-corrected chi connectivity index (χ4v) is 5.68. The predicted octanol–water partition coefficient (Wildman–Crippen LogP) is 3.30. The summed E-state index contributed by atoms with van der Waals surface area (Å²) >= 11 is 0. The second kappa shape index (κ2) is 3.79. The molecule has 20 heavy (non-hydrogen) atoms. The minimum Gasteiger partial charge on any atom is -0.458 e. The molecule has 0 radical (unpaired) electrons. The van der Waals surface area contributed by atoms with Gasteiger partial charge in [0.15, 0.2) is 0 Å². The fourth-order valence-electron chi connectivity index (χ4n) is 5.68. The van der Waals surface area contributed by atoms with Crippen molar-refractivity contribution in [3.05, 3.63) is 0 Å². The summed E-state index contributed by atoms with van der Waals surface area (Å²) in [6.07, 6.45) is 4.23. The van der Waals surface area contributed by atoms with Gasteiger partial charge < -0.3 is 9.84 Å². The smallest absolute Gasteiger partial charge is 0.312 e. The Morgan fingerprint density at radius 2 is 1.70 bits per heavy atom. The molecule has 0 amide bonds. The van der Waals surface area contributed by atoms with Crippen LogP contribution in [0.3, 0.4) is 0 Å². The van der Waals surface area contributed by atoms with Crippen LogP contribution in [-0.2, 0) is 9.53 Å². The zero-order valence-electron chi connectivity index (χ0n) is 13.5. The third-order valence-corrected chi connectivity index (χ3v) is 5.84. The van der Waals surface area contributed by atoms with Crippen LogP contribution in [0.2, 0.25) is 0 Å². The Morgan fingerprint density at radius 3 is 2.25 bits per heavy atom. The average molecular weight is 280 g/mol. The highest BCUT2D eigenvalue weighted by molar-refractivity contribution is 5.79. The number of rotatable bonds is 0. The lowest BCUT2D eigenvalue weighted by Gasteiger charge is -2.40. The van der Waals surface area contributed by atoms with E-state index >= 15 is 0 Å². The van der Waals surface area contributed by atoms with Crippen molar-refractivity contribution in [3.63, 3.8) is 0 Å². The summed E-state index contributed by atoms with van der Waals surface area (Å²) in [7, 11) is 0. The van der Waals surface area contributed by atoms with Gasteiger partial charge in [0.1, 0.15) is 5.60 Å². The van der Waals surface area contributed by atoms with E-state index in [4.69, 9.17) is 4.74 Å². The normalized spacial score (nSPS) is 49.2. The molecule has 1 saturated heterocycles. The largest absolute Gasteiger partial charge is 0.458 e. The number of carbonyl (C=O) groups excluding carboxylic acids is 1. The molecule has 3 aliphatic rings. The molecule has 3 rings (SSSR count). The minimum absolute atomic E-state index is 0.0845. The van der Waals surface area contributed by atoms with Crippen LogP contribution in [0.4, 0.5) is 0 Å². The first-order chi connectivity index (χ1) is 8.97. The van der Waals surface area contributed by atoms with Crippen molar-refractivity contribution in [1.29, 1.82) is 0 Å². The lowest BCUT2D eigenvalue weighted by molar-refractivity contribution is -0.159. The molecule has 4 atom stereocenters. The summed E-state index contributed by atoms with van der Waals surface area (Å²) in [4.78, 5) is 12.2. The first-order valence-electron chi connectivity index (χ1n) is 7.89. The maximum absolute atomic E-state index is 12.2. The molecular weight excluding hydrogens is 252 g/mol. The molecule has 1 heterocycles. The van der Waals surface area contributed by atoms with Gasteiger partial charge in [0.2, 0.25) is 0 Å². The van der Waals surface area contributed by atoms with Crippen molar-refractivity contribution in [3.8, 4) is 0 Å². The molecule has 3 fully saturated rings. The Balaban J connectivity index is 1.97. The van der Waals surface area contributed by atoms with Crippen LogP contribution in [0.5, 0.6) is 0 Å². The molecule has 0 aromatic heterocycles. The quantitative estimate of drug-likeness (QED) is 0.693. The van der Waals surface area contributed by atoms with Gasteiger partial charge in [-0.05, 0) is 50.4 Å². The Morgan fingerprint density at radius 1 is 1.05 bits per heavy atom. The van der Waals surface area contributed by atoms with Crippen LogP contribution in [0, 0.1) is 22.2 Å². The SMILES string of the molecule is CC1(C)C[C@H](O)[C@H]2C[C@@](C)(C1)C[C@]21CC(C)(C)C(=O)O1. The van der Waals surface area contributed by atoms with Crippen LogP contribution in [0.25, 0.3) is 0 Å². The van der Waals surface area contributed by atoms with Gasteiger partial charge in [-0.25, -0.2) is 0 Å². The summed E-state index contributed by atoms with van der Waals surface area (Å²) in [5.74, 6) is 0.0267. The van der Waals surface area contributed by atoms with Crippen molar-refractivity contribution in [2.24, 2.45) is 22.2 Å². The summed E-state index contributed by atoms with van der Waals surface area (Å²) < 4.78 is 5.90. The number of aliphatic hydroxyl groups excluding tert-OH is 1. The molecule has 2 aliphatic carbocycles. The van der Waals surface area contributed by atoms with Gasteiger partial charge in [0.25, 0.3) is 0 Å². The molecule has 2 bridgehead atoms. The van der Waals surface area contributed by atoms with Gasteiger partial charge in [-0.2, -0.15) is 0 Å². The number of fused-ring (bicyclic) bond motifs is 3. The van der Waals surface area contributed by atoms with Crippen molar-refractivity contribution in [1.82, 2.24) is 0 Å². The summed E-state index contributed by atoms with van der Waals surface area (Å²) in [5, 5.41) is 10.7. The van der Waals surface area contributed by atoms with E-state index in [1.807, 2.05) is 13.8 Å². The van der Waals surface area contributed by atoms with E-state index < -0.39 is 11.0 Å². The third kappa shape index (κ3) is 2.01. The second-order valence-corrected chi connectivity index (χ2v) is 9.43. The monoisotopic (exact) mass is 280 g/mol. The molecule has 1 N–H and O–H groups in total. The number of hydrogen-bond donors (Lipinski definition) is 1. The van der Waals surface area contributed by atoms with Crippen LogP contribution in [-0.4, -0.2) is 22.8 Å². The zero-order valence-corrected chi connectivity index (χ0v) is 13.5. The first-order valence-corrected chi connectivity index (χ1v) is 7.89. The predicted molar refractivity (Wildman–Crippen MR) is 77.1 cm³/mol. The second-order valence-electron chi connectivity index (χ2n) is 9.43. The van der Waals surface area contributed by atoms with E-state index in [9.17, 15) is 9.90 Å². The van der Waals surface area contributed by atoms with Gasteiger partial charge in [0.05, 0.1) is 11.5 Å². The van der Waals surface area contributed by atoms with Gasteiger partial charge in [0, 0.05) is 12.3 Å². The molecule has 2 saturated carbocycles. The zero-order chi connectivity index (χ0) is 15.0. The number of aliphatic hydroxyl groups is 1. The fraction of sp³-hybridized carbons (Fsp3) is 0.941. The molecule has 0 aromatic rings. The Labute approximate surface area is 122 Å². The van der Waals surface area contributed by atoms with Gasteiger partial charge >= 0.3 is 5.97 Å². The highest BCUT2D eigenvalue weighted by Gasteiger charge is 2.65. The molecule has 3 nitrogen and oxygen atoms in total. The van der Waals surface area contributed by atoms with E-state index in [1.165, 1.54) is 0 Å². The van der Waals surface area contributed by atoms with Gasteiger partial charge in [-0.15, -0.1) is 0 Å². The highest BCUT2D eigenvalue weighted by Crippen LogP contribution is 2.64. The molecule has 1 aliphatic heterocycles. The van der Waals surface area contributed by atoms with Crippen LogP contribution in [0.1, 0.15) is 66.7 Å². The lowest BCUT2D eigenvalue weighted by Crippen LogP contribution is -2.43. The van der Waals surface area contributed by atoms with Crippen LogP contribution in [0.15, 0.2) is 0 Å². The highest BCUT2D eigenvalue weighted by atomic mass is 16.6. The third-order valence-electron chi connectivity index (χ3n) is 5.84. The summed E-state index contributed by atoms with van der Waals surface area (Å²) in [6.45, 7) is 10.8. The average Bonchev–Trinajstić information content (AvgIpc) is 2.55. The molecule has 3 heteroatoms. The van der Waals surface area contributed by atoms with E-state index in [2.05, 4.69) is 20.8 Å². The molecule has 114 valence electrons. The lowest BCUT2D eigenvalue weighted by atomic mass is 9.68. The van der Waals surface area contributed by atoms with E-state index in [0.29, 0.717) is 0 Å². The first kappa shape index (κ1) is 14.4. The maximum atomic E-state index is 12.2. The van der Waals surface area contributed by atoms with E-state index in [1.54, 1.807) is 0 Å². The maximum Gasteiger partial charge on any atom is 0.312 e. The molecule has 0 aromatic carbocycles. The number of esters is 1. The van der Waals surface area contributed by atoms with Crippen LogP contribution >= 0.6 is 0 Å². The van der Waals surface area contributed by atoms with Crippen molar-refractivity contribution >= 4 is 5.97 Å². The number of ether oxygens (including phenoxy) is 1. The van der Waals surface area contributed by atoms with E-state index in [0.717, 1.165) is 32.1 Å². The standard InChI is InChI=1S/C17H28O3/c1-14(2)7-12(18)11-6-16(5,8-14)10-17(11)9-15(3,4)13(19)20-17/h11-12,18H,6-10H2,1-5H3/t11-,12+,16+,17-/m1/s1. The van der Waals surface area contributed by atoms with Gasteiger partial charge in [-0.3, -0.25) is 4.79 Å². The summed E-state index contributed by atoms with van der Waals surface area (Å²) in [5.41, 5.74) is -0.460. The van der Waals surface area contributed by atoms with Gasteiger partial charge in [-0.1, -0.05) is 20.8 Å². The van der Waals surface area contributed by atoms with Crippen molar-refractivity contribution in [2.45, 2.75) is 78.4 Å². The topological polar surface area (TPSA) is 46.5 Å². The molecular formula is C17H28O3. The summed E-state index contributed by atoms with van der Waals surface area (Å²) in [6, 6.07) is 0. The van der Waals surface area contributed by atoms with Crippen molar-refractivity contribution < 1.29 is 14.6 Å². The van der Waals surface area contributed by atoms with Crippen LogP contribution < -0.4 is 0 Å². The van der Waals surface area contributed by atoms with Crippen molar-refractivity contribution in [2.75, 3.05) is 0 Å². The molecule has 0 unspecified atom stereocenters. The number of carbonyl (C=O) groups is 1. The minimum atomic E-state index is -0.411. The molecule has 1 spiro atoms. The van der Waals surface area contributed by atoms with E-state index in [-0.39, 0.29) is 28.8 Å². The Hall–Kier alpha value is -0.570. The number of hydrogen-bond acceptors (Lipinski definition) is 3. The Bertz CT molecular complexity index is 453. The Kier molecular flexibility index (Phi) is 2.72.